The molecule has 2 aromatic rings. The molecule has 0 saturated carbocycles. The lowest BCUT2D eigenvalue weighted by atomic mass is 10.0. The van der Waals surface area contributed by atoms with E-state index in [1.165, 1.54) is 11.6 Å². The molecule has 1 nitrogen and oxygen atoms in total. The van der Waals surface area contributed by atoms with Crippen LogP contribution >= 0.6 is 15.9 Å². The minimum absolute atomic E-state index is 0.170. The zero-order valence-electron chi connectivity index (χ0n) is 12.2. The third kappa shape index (κ3) is 5.16. The number of ether oxygens (including phenoxy) is 1. The van der Waals surface area contributed by atoms with Gasteiger partial charge in [0.25, 0.3) is 0 Å². The van der Waals surface area contributed by atoms with E-state index in [-0.39, 0.29) is 10.6 Å². The summed E-state index contributed by atoms with van der Waals surface area (Å²) in [5.74, 6) is 0.713. The van der Waals surface area contributed by atoms with Crippen molar-refractivity contribution in [1.82, 2.24) is 0 Å². The van der Waals surface area contributed by atoms with Crippen LogP contribution in [0.5, 0.6) is 5.75 Å². The molecule has 0 spiro atoms. The fraction of sp³-hybridized carbons (Fsp3) is 0.333. The second-order valence-electron chi connectivity index (χ2n) is 5.07. The zero-order valence-corrected chi connectivity index (χ0v) is 13.8. The van der Waals surface area contributed by atoms with Crippen molar-refractivity contribution < 1.29 is 9.13 Å². The molecule has 0 saturated heterocycles. The average Bonchev–Trinajstić information content (AvgIpc) is 2.48. The Morgan fingerprint density at radius 2 is 1.90 bits per heavy atom. The van der Waals surface area contributed by atoms with Gasteiger partial charge in [-0.05, 0) is 48.2 Å². The average molecular weight is 351 g/mol. The number of benzene rings is 2. The van der Waals surface area contributed by atoms with Crippen LogP contribution in [0.3, 0.4) is 0 Å². The molecular weight excluding hydrogens is 331 g/mol. The largest absolute Gasteiger partial charge is 0.494 e. The number of halogens is 2. The summed E-state index contributed by atoms with van der Waals surface area (Å²) in [6.07, 6.45) is 2.96. The van der Waals surface area contributed by atoms with Crippen molar-refractivity contribution in [3.05, 3.63) is 65.5 Å². The highest BCUT2D eigenvalue weighted by molar-refractivity contribution is 9.09. The summed E-state index contributed by atoms with van der Waals surface area (Å²) in [6.45, 7) is 2.91. The predicted octanol–water partition coefficient (Wildman–Crippen LogP) is 5.68. The minimum atomic E-state index is -0.188. The first-order valence-corrected chi connectivity index (χ1v) is 8.22. The minimum Gasteiger partial charge on any atom is -0.494 e. The van der Waals surface area contributed by atoms with Gasteiger partial charge in [0, 0.05) is 4.83 Å². The van der Waals surface area contributed by atoms with Crippen LogP contribution in [0.1, 0.15) is 35.7 Å². The SMILES string of the molecule is CCCCOc1ccc(C(Br)Cc2cccc(F)c2)cc1. The molecule has 0 aliphatic rings. The van der Waals surface area contributed by atoms with E-state index in [1.807, 2.05) is 18.2 Å². The summed E-state index contributed by atoms with van der Waals surface area (Å²) in [7, 11) is 0. The molecular formula is C18H20BrFO. The van der Waals surface area contributed by atoms with Crippen molar-refractivity contribution >= 4 is 15.9 Å². The van der Waals surface area contributed by atoms with Gasteiger partial charge < -0.3 is 4.74 Å². The molecule has 0 bridgehead atoms. The Morgan fingerprint density at radius 1 is 1.14 bits per heavy atom. The van der Waals surface area contributed by atoms with Gasteiger partial charge in [0.2, 0.25) is 0 Å². The molecule has 112 valence electrons. The second kappa shape index (κ2) is 8.18. The monoisotopic (exact) mass is 350 g/mol. The van der Waals surface area contributed by atoms with E-state index in [1.54, 1.807) is 12.1 Å². The topological polar surface area (TPSA) is 9.23 Å². The Kier molecular flexibility index (Phi) is 6.24. The summed E-state index contributed by atoms with van der Waals surface area (Å²) in [5, 5.41) is 0. The van der Waals surface area contributed by atoms with E-state index in [4.69, 9.17) is 4.74 Å². The fourth-order valence-electron chi connectivity index (χ4n) is 2.10. The van der Waals surface area contributed by atoms with Crippen LogP contribution in [0.15, 0.2) is 48.5 Å². The van der Waals surface area contributed by atoms with Crippen molar-refractivity contribution in [1.29, 1.82) is 0 Å². The number of hydrogen-bond donors (Lipinski definition) is 0. The van der Waals surface area contributed by atoms with Crippen LogP contribution in [0.4, 0.5) is 4.39 Å². The van der Waals surface area contributed by atoms with Gasteiger partial charge in [-0.2, -0.15) is 0 Å². The van der Waals surface area contributed by atoms with Crippen LogP contribution < -0.4 is 4.74 Å². The lowest BCUT2D eigenvalue weighted by molar-refractivity contribution is 0.309. The third-order valence-electron chi connectivity index (χ3n) is 3.31. The maximum absolute atomic E-state index is 13.2. The molecule has 0 radical (unpaired) electrons. The lowest BCUT2D eigenvalue weighted by Crippen LogP contribution is -1.98. The van der Waals surface area contributed by atoms with Gasteiger partial charge in [-0.15, -0.1) is 0 Å². The Hall–Kier alpha value is -1.35. The molecule has 2 rings (SSSR count). The van der Waals surface area contributed by atoms with E-state index in [9.17, 15) is 4.39 Å². The van der Waals surface area contributed by atoms with E-state index in [2.05, 4.69) is 35.0 Å². The van der Waals surface area contributed by atoms with Gasteiger partial charge in [0.1, 0.15) is 11.6 Å². The van der Waals surface area contributed by atoms with Gasteiger partial charge in [-0.1, -0.05) is 53.5 Å². The number of unbranched alkanes of at least 4 members (excludes halogenated alkanes) is 1. The molecule has 0 aliphatic carbocycles. The molecule has 2 aromatic carbocycles. The smallest absolute Gasteiger partial charge is 0.123 e. The number of alkyl halides is 1. The lowest BCUT2D eigenvalue weighted by Gasteiger charge is -2.12. The Balaban J connectivity index is 1.94. The molecule has 1 atom stereocenters. The fourth-order valence-corrected chi connectivity index (χ4v) is 2.78. The highest BCUT2D eigenvalue weighted by Crippen LogP contribution is 2.28. The summed E-state index contributed by atoms with van der Waals surface area (Å²) in [6, 6.07) is 14.8. The summed E-state index contributed by atoms with van der Waals surface area (Å²) >= 11 is 3.67. The van der Waals surface area contributed by atoms with Gasteiger partial charge in [0.05, 0.1) is 6.61 Å². The standard InChI is InChI=1S/C18H20BrFO/c1-2-3-11-21-17-9-7-15(8-10-17)18(19)13-14-5-4-6-16(20)12-14/h4-10,12,18H,2-3,11,13H2,1H3. The van der Waals surface area contributed by atoms with E-state index < -0.39 is 0 Å². The van der Waals surface area contributed by atoms with Crippen LogP contribution in [0.2, 0.25) is 0 Å². The normalized spacial score (nSPS) is 12.1. The van der Waals surface area contributed by atoms with Gasteiger partial charge in [-0.25, -0.2) is 4.39 Å². The molecule has 0 aromatic heterocycles. The maximum Gasteiger partial charge on any atom is 0.123 e. The number of hydrogen-bond acceptors (Lipinski definition) is 1. The van der Waals surface area contributed by atoms with E-state index in [0.29, 0.717) is 0 Å². The molecule has 0 aliphatic heterocycles. The van der Waals surface area contributed by atoms with Crippen molar-refractivity contribution in [2.24, 2.45) is 0 Å². The van der Waals surface area contributed by atoms with Crippen LogP contribution in [-0.2, 0) is 6.42 Å². The zero-order chi connectivity index (χ0) is 15.1. The predicted molar refractivity (Wildman–Crippen MR) is 88.6 cm³/mol. The molecule has 3 heteroatoms. The quantitative estimate of drug-likeness (QED) is 0.460. The highest BCUT2D eigenvalue weighted by Gasteiger charge is 2.09. The highest BCUT2D eigenvalue weighted by atomic mass is 79.9. The van der Waals surface area contributed by atoms with Gasteiger partial charge in [0.15, 0.2) is 0 Å². The molecule has 0 N–H and O–H groups in total. The van der Waals surface area contributed by atoms with E-state index in [0.717, 1.165) is 37.2 Å². The van der Waals surface area contributed by atoms with Crippen molar-refractivity contribution in [2.75, 3.05) is 6.61 Å². The Morgan fingerprint density at radius 3 is 2.57 bits per heavy atom. The summed E-state index contributed by atoms with van der Waals surface area (Å²) in [4.78, 5) is 0.170. The van der Waals surface area contributed by atoms with E-state index >= 15 is 0 Å². The summed E-state index contributed by atoms with van der Waals surface area (Å²) < 4.78 is 18.8. The van der Waals surface area contributed by atoms with Crippen LogP contribution in [0.25, 0.3) is 0 Å². The molecule has 1 unspecified atom stereocenters. The van der Waals surface area contributed by atoms with Crippen LogP contribution in [0, 0.1) is 5.82 Å². The molecule has 0 fully saturated rings. The van der Waals surface area contributed by atoms with Crippen molar-refractivity contribution in [3.63, 3.8) is 0 Å². The molecule has 0 heterocycles. The molecule has 21 heavy (non-hydrogen) atoms. The van der Waals surface area contributed by atoms with Crippen molar-refractivity contribution in [2.45, 2.75) is 31.0 Å². The van der Waals surface area contributed by atoms with Crippen LogP contribution in [-0.4, -0.2) is 6.61 Å². The van der Waals surface area contributed by atoms with Crippen molar-refractivity contribution in [3.8, 4) is 5.75 Å². The third-order valence-corrected chi connectivity index (χ3v) is 4.16. The Bertz CT molecular complexity index is 553. The maximum atomic E-state index is 13.2. The second-order valence-corrected chi connectivity index (χ2v) is 6.18. The molecule has 0 amide bonds. The number of rotatable bonds is 7. The van der Waals surface area contributed by atoms with Gasteiger partial charge in [-0.3, -0.25) is 0 Å². The first-order chi connectivity index (χ1) is 10.2. The summed E-state index contributed by atoms with van der Waals surface area (Å²) in [5.41, 5.74) is 2.15. The van der Waals surface area contributed by atoms with Gasteiger partial charge >= 0.3 is 0 Å². The first-order valence-electron chi connectivity index (χ1n) is 7.30. The Labute approximate surface area is 134 Å². The first kappa shape index (κ1) is 16.0.